The molecule has 2 aromatic rings. The number of hydrogen-bond acceptors (Lipinski definition) is 3. The number of hydrogen-bond donors (Lipinski definition) is 1. The van der Waals surface area contributed by atoms with Crippen LogP contribution in [-0.4, -0.2) is 20.3 Å². The van der Waals surface area contributed by atoms with E-state index in [1.807, 2.05) is 49.5 Å². The molecule has 20 heavy (non-hydrogen) atoms. The molecule has 0 aliphatic rings. The molecule has 1 N–H and O–H groups in total. The van der Waals surface area contributed by atoms with Gasteiger partial charge in [-0.15, -0.1) is 0 Å². The molecule has 0 bridgehead atoms. The van der Waals surface area contributed by atoms with Crippen LogP contribution in [0.15, 0.2) is 53.0 Å². The van der Waals surface area contributed by atoms with E-state index in [-0.39, 0.29) is 0 Å². The van der Waals surface area contributed by atoms with Crippen molar-refractivity contribution in [3.63, 3.8) is 0 Å². The standard InChI is InChI=1S/C16H18BrNO2/c1-18-12-13-6-5-9-15(17)16(13)20-11-10-19-14-7-3-2-4-8-14/h2-9,18H,10-12H2,1H3. The van der Waals surface area contributed by atoms with Crippen molar-refractivity contribution in [2.75, 3.05) is 20.3 Å². The third-order valence-electron chi connectivity index (χ3n) is 2.76. The van der Waals surface area contributed by atoms with E-state index in [0.717, 1.165) is 28.1 Å². The SMILES string of the molecule is CNCc1cccc(Br)c1OCCOc1ccccc1. The van der Waals surface area contributed by atoms with Gasteiger partial charge in [-0.2, -0.15) is 0 Å². The fourth-order valence-corrected chi connectivity index (χ4v) is 2.39. The molecule has 0 fully saturated rings. The summed E-state index contributed by atoms with van der Waals surface area (Å²) >= 11 is 3.52. The van der Waals surface area contributed by atoms with Crippen molar-refractivity contribution >= 4 is 15.9 Å². The highest BCUT2D eigenvalue weighted by atomic mass is 79.9. The van der Waals surface area contributed by atoms with Crippen LogP contribution in [0.25, 0.3) is 0 Å². The molecule has 0 saturated carbocycles. The maximum absolute atomic E-state index is 5.83. The summed E-state index contributed by atoms with van der Waals surface area (Å²) in [5.74, 6) is 1.73. The molecule has 2 aromatic carbocycles. The first kappa shape index (κ1) is 14.9. The average molecular weight is 336 g/mol. The lowest BCUT2D eigenvalue weighted by Gasteiger charge is -2.13. The lowest BCUT2D eigenvalue weighted by molar-refractivity contribution is 0.215. The molecule has 0 aliphatic carbocycles. The van der Waals surface area contributed by atoms with Crippen LogP contribution in [0.1, 0.15) is 5.56 Å². The van der Waals surface area contributed by atoms with Gasteiger partial charge in [-0.3, -0.25) is 0 Å². The summed E-state index contributed by atoms with van der Waals surface area (Å²) in [6.45, 7) is 1.80. The zero-order valence-corrected chi connectivity index (χ0v) is 13.0. The molecule has 106 valence electrons. The van der Waals surface area contributed by atoms with Crippen LogP contribution in [0.2, 0.25) is 0 Å². The minimum Gasteiger partial charge on any atom is -0.490 e. The van der Waals surface area contributed by atoms with Gasteiger partial charge in [0.1, 0.15) is 24.7 Å². The quantitative estimate of drug-likeness (QED) is 0.784. The molecule has 0 unspecified atom stereocenters. The smallest absolute Gasteiger partial charge is 0.138 e. The van der Waals surface area contributed by atoms with E-state index in [1.165, 1.54) is 0 Å². The number of rotatable bonds is 7. The number of benzene rings is 2. The molecule has 0 aliphatic heterocycles. The fraction of sp³-hybridized carbons (Fsp3) is 0.250. The van der Waals surface area contributed by atoms with Gasteiger partial charge in [-0.1, -0.05) is 30.3 Å². The van der Waals surface area contributed by atoms with Crippen LogP contribution >= 0.6 is 15.9 Å². The van der Waals surface area contributed by atoms with Gasteiger partial charge in [0.05, 0.1) is 4.47 Å². The lowest BCUT2D eigenvalue weighted by Crippen LogP contribution is -2.12. The third kappa shape index (κ3) is 4.25. The fourth-order valence-electron chi connectivity index (χ4n) is 1.86. The maximum Gasteiger partial charge on any atom is 0.138 e. The lowest BCUT2D eigenvalue weighted by atomic mass is 10.2. The Bertz CT molecular complexity index is 531. The van der Waals surface area contributed by atoms with Crippen molar-refractivity contribution in [1.29, 1.82) is 0 Å². The second-order valence-corrected chi connectivity index (χ2v) is 5.12. The van der Waals surface area contributed by atoms with E-state index in [0.29, 0.717) is 13.2 Å². The Hall–Kier alpha value is -1.52. The second kappa shape index (κ2) is 7.92. The topological polar surface area (TPSA) is 30.5 Å². The van der Waals surface area contributed by atoms with Crippen LogP contribution in [-0.2, 0) is 6.54 Å². The van der Waals surface area contributed by atoms with Crippen molar-refractivity contribution in [2.45, 2.75) is 6.54 Å². The normalized spacial score (nSPS) is 10.3. The Kier molecular flexibility index (Phi) is 5.89. The maximum atomic E-state index is 5.83. The molecule has 0 radical (unpaired) electrons. The Labute approximate surface area is 128 Å². The van der Waals surface area contributed by atoms with Gasteiger partial charge >= 0.3 is 0 Å². The summed E-state index contributed by atoms with van der Waals surface area (Å²) in [6.07, 6.45) is 0. The van der Waals surface area contributed by atoms with E-state index >= 15 is 0 Å². The molecular formula is C16H18BrNO2. The third-order valence-corrected chi connectivity index (χ3v) is 3.38. The van der Waals surface area contributed by atoms with E-state index < -0.39 is 0 Å². The van der Waals surface area contributed by atoms with Gasteiger partial charge in [0, 0.05) is 12.1 Å². The summed E-state index contributed by atoms with van der Waals surface area (Å²) < 4.78 is 12.4. The minimum atomic E-state index is 0.508. The van der Waals surface area contributed by atoms with Crippen molar-refractivity contribution in [3.05, 3.63) is 58.6 Å². The molecule has 0 spiro atoms. The predicted octanol–water partition coefficient (Wildman–Crippen LogP) is 3.63. The first-order valence-electron chi connectivity index (χ1n) is 6.54. The van der Waals surface area contributed by atoms with Crippen LogP contribution in [0.5, 0.6) is 11.5 Å². The summed E-state index contributed by atoms with van der Waals surface area (Å²) in [4.78, 5) is 0. The second-order valence-electron chi connectivity index (χ2n) is 4.27. The highest BCUT2D eigenvalue weighted by molar-refractivity contribution is 9.10. The summed E-state index contributed by atoms with van der Waals surface area (Å²) in [6, 6.07) is 15.8. The molecule has 3 nitrogen and oxygen atoms in total. The molecule has 0 amide bonds. The van der Waals surface area contributed by atoms with Crippen LogP contribution in [0.4, 0.5) is 0 Å². The molecule has 0 aromatic heterocycles. The van der Waals surface area contributed by atoms with Crippen LogP contribution in [0.3, 0.4) is 0 Å². The largest absolute Gasteiger partial charge is 0.490 e. The van der Waals surface area contributed by atoms with Crippen LogP contribution < -0.4 is 14.8 Å². The molecule has 4 heteroatoms. The van der Waals surface area contributed by atoms with Crippen molar-refractivity contribution in [1.82, 2.24) is 5.32 Å². The van der Waals surface area contributed by atoms with Crippen molar-refractivity contribution in [3.8, 4) is 11.5 Å². The molecular weight excluding hydrogens is 318 g/mol. The van der Waals surface area contributed by atoms with E-state index in [1.54, 1.807) is 0 Å². The van der Waals surface area contributed by atoms with Crippen molar-refractivity contribution in [2.24, 2.45) is 0 Å². The Balaban J connectivity index is 1.87. The Morgan fingerprint density at radius 2 is 1.70 bits per heavy atom. The number of nitrogens with one attached hydrogen (secondary N) is 1. The van der Waals surface area contributed by atoms with Gasteiger partial charge in [-0.05, 0) is 41.2 Å². The van der Waals surface area contributed by atoms with Gasteiger partial charge in [-0.25, -0.2) is 0 Å². The number of para-hydroxylation sites is 2. The summed E-state index contributed by atoms with van der Waals surface area (Å²) in [5, 5.41) is 3.14. The van der Waals surface area contributed by atoms with E-state index in [9.17, 15) is 0 Å². The Morgan fingerprint density at radius 1 is 0.950 bits per heavy atom. The summed E-state index contributed by atoms with van der Waals surface area (Å²) in [7, 11) is 1.92. The average Bonchev–Trinajstić information content (AvgIpc) is 2.47. The zero-order chi connectivity index (χ0) is 14.2. The molecule has 0 heterocycles. The van der Waals surface area contributed by atoms with E-state index in [2.05, 4.69) is 27.3 Å². The highest BCUT2D eigenvalue weighted by Gasteiger charge is 2.07. The van der Waals surface area contributed by atoms with Gasteiger partial charge < -0.3 is 14.8 Å². The van der Waals surface area contributed by atoms with E-state index in [4.69, 9.17) is 9.47 Å². The number of halogens is 1. The molecule has 0 saturated heterocycles. The Morgan fingerprint density at radius 3 is 2.45 bits per heavy atom. The van der Waals surface area contributed by atoms with Gasteiger partial charge in [0.2, 0.25) is 0 Å². The minimum absolute atomic E-state index is 0.508. The van der Waals surface area contributed by atoms with Gasteiger partial charge in [0.15, 0.2) is 0 Å². The molecule has 0 atom stereocenters. The van der Waals surface area contributed by atoms with Gasteiger partial charge in [0.25, 0.3) is 0 Å². The zero-order valence-electron chi connectivity index (χ0n) is 11.4. The first-order chi connectivity index (χ1) is 9.81. The first-order valence-corrected chi connectivity index (χ1v) is 7.33. The van der Waals surface area contributed by atoms with Crippen molar-refractivity contribution < 1.29 is 9.47 Å². The summed E-state index contributed by atoms with van der Waals surface area (Å²) in [5.41, 5.74) is 1.13. The monoisotopic (exact) mass is 335 g/mol. The van der Waals surface area contributed by atoms with Crippen LogP contribution in [0, 0.1) is 0 Å². The molecule has 2 rings (SSSR count). The predicted molar refractivity (Wildman–Crippen MR) is 84.3 cm³/mol. The highest BCUT2D eigenvalue weighted by Crippen LogP contribution is 2.29. The number of ether oxygens (including phenoxy) is 2.